The van der Waals surface area contributed by atoms with Crippen LogP contribution < -0.4 is 5.32 Å². The molecule has 4 rings (SSSR count). The van der Waals surface area contributed by atoms with Gasteiger partial charge in [0, 0.05) is 13.0 Å². The number of amides is 2. The van der Waals surface area contributed by atoms with Gasteiger partial charge in [0.2, 0.25) is 5.91 Å². The number of likely N-dealkylation sites (N-methyl/N-ethyl adjacent to an activating group) is 1. The molecule has 174 valence electrons. The molecular weight excluding hydrogens is 432 g/mol. The van der Waals surface area contributed by atoms with Crippen molar-refractivity contribution in [1.29, 1.82) is 0 Å². The number of alkyl carbamates (subject to hydrolysis) is 1. The second-order valence-corrected chi connectivity index (χ2v) is 8.28. The molecule has 7 nitrogen and oxygen atoms in total. The van der Waals surface area contributed by atoms with Crippen molar-refractivity contribution < 1.29 is 24.2 Å². The lowest BCUT2D eigenvalue weighted by molar-refractivity contribution is -0.149. The Kier molecular flexibility index (Phi) is 6.63. The zero-order chi connectivity index (χ0) is 24.2. The highest BCUT2D eigenvalue weighted by atomic mass is 16.5. The summed E-state index contributed by atoms with van der Waals surface area (Å²) in [6.07, 6.45) is -0.750. The van der Waals surface area contributed by atoms with Crippen LogP contribution >= 0.6 is 0 Å². The van der Waals surface area contributed by atoms with Gasteiger partial charge in [-0.3, -0.25) is 4.79 Å². The van der Waals surface area contributed by atoms with Gasteiger partial charge in [-0.15, -0.1) is 0 Å². The lowest BCUT2D eigenvalue weighted by Crippen LogP contribution is -2.47. The van der Waals surface area contributed by atoms with Crippen molar-refractivity contribution in [2.45, 2.75) is 24.9 Å². The van der Waals surface area contributed by atoms with Crippen LogP contribution in [0.1, 0.15) is 35.6 Å². The van der Waals surface area contributed by atoms with Gasteiger partial charge >= 0.3 is 12.1 Å². The smallest absolute Gasteiger partial charge is 0.408 e. The molecule has 2 N–H and O–H groups in total. The lowest BCUT2D eigenvalue weighted by Gasteiger charge is -2.27. The largest absolute Gasteiger partial charge is 0.480 e. The molecule has 0 fully saturated rings. The number of carboxylic acids is 1. The van der Waals surface area contributed by atoms with E-state index in [0.717, 1.165) is 27.2 Å². The molecule has 3 aromatic rings. The molecule has 1 aliphatic rings. The minimum atomic E-state index is -1.14. The molecule has 0 bridgehead atoms. The van der Waals surface area contributed by atoms with Crippen LogP contribution in [0.4, 0.5) is 4.79 Å². The van der Waals surface area contributed by atoms with Gasteiger partial charge in [0.05, 0.1) is 0 Å². The summed E-state index contributed by atoms with van der Waals surface area (Å²) < 4.78 is 5.59. The molecule has 7 heteroatoms. The van der Waals surface area contributed by atoms with E-state index < -0.39 is 30.1 Å². The third-order valence-corrected chi connectivity index (χ3v) is 6.27. The van der Waals surface area contributed by atoms with Crippen LogP contribution in [0.3, 0.4) is 0 Å². The molecule has 2 atom stereocenters. The molecule has 0 aromatic heterocycles. The Morgan fingerprint density at radius 1 is 0.912 bits per heavy atom. The van der Waals surface area contributed by atoms with Crippen molar-refractivity contribution >= 4 is 18.0 Å². The van der Waals surface area contributed by atoms with Crippen LogP contribution in [0.25, 0.3) is 11.1 Å². The van der Waals surface area contributed by atoms with Gasteiger partial charge in [-0.25, -0.2) is 9.59 Å². The molecule has 0 aliphatic heterocycles. The van der Waals surface area contributed by atoms with Crippen molar-refractivity contribution in [2.24, 2.45) is 0 Å². The first-order valence-corrected chi connectivity index (χ1v) is 11.0. The number of ether oxygens (including phenoxy) is 1. The number of rotatable bonds is 7. The third-order valence-electron chi connectivity index (χ3n) is 6.27. The van der Waals surface area contributed by atoms with Gasteiger partial charge in [-0.05, 0) is 34.7 Å². The molecule has 1 aliphatic carbocycles. The van der Waals surface area contributed by atoms with Crippen LogP contribution in [0.5, 0.6) is 0 Å². The first-order chi connectivity index (χ1) is 16.4. The molecule has 0 heterocycles. The van der Waals surface area contributed by atoms with E-state index >= 15 is 0 Å². The Bertz CT molecular complexity index is 1160. The highest BCUT2D eigenvalue weighted by Gasteiger charge is 2.32. The van der Waals surface area contributed by atoms with E-state index in [0.29, 0.717) is 5.56 Å². The lowest BCUT2D eigenvalue weighted by atomic mass is 9.98. The summed E-state index contributed by atoms with van der Waals surface area (Å²) in [4.78, 5) is 38.4. The molecule has 0 saturated heterocycles. The number of hydrogen-bond acceptors (Lipinski definition) is 4. The van der Waals surface area contributed by atoms with Crippen molar-refractivity contribution in [3.05, 3.63) is 95.6 Å². The Labute approximate surface area is 198 Å². The first-order valence-electron chi connectivity index (χ1n) is 11.0. The summed E-state index contributed by atoms with van der Waals surface area (Å²) >= 11 is 0. The first kappa shape index (κ1) is 23.0. The number of nitrogens with zero attached hydrogens (tertiary/aromatic N) is 1. The number of nitrogens with one attached hydrogen (secondary N) is 1. The molecule has 2 amide bonds. The maximum absolute atomic E-state index is 13.1. The molecule has 3 aromatic carbocycles. The molecule has 34 heavy (non-hydrogen) atoms. The molecule has 0 saturated carbocycles. The Balaban J connectivity index is 1.51. The Hall–Kier alpha value is -4.13. The van der Waals surface area contributed by atoms with Crippen molar-refractivity contribution in [1.82, 2.24) is 10.2 Å². The van der Waals surface area contributed by atoms with E-state index in [-0.39, 0.29) is 12.5 Å². The number of benzene rings is 3. The monoisotopic (exact) mass is 458 g/mol. The molecular formula is C27H26N2O5. The number of fused-ring (bicyclic) bond motifs is 3. The van der Waals surface area contributed by atoms with Crippen molar-refractivity contribution in [3.8, 4) is 11.1 Å². The van der Waals surface area contributed by atoms with E-state index in [1.54, 1.807) is 30.3 Å². The number of carbonyl (C=O) groups excluding carboxylic acids is 2. The average Bonchev–Trinajstić information content (AvgIpc) is 3.19. The summed E-state index contributed by atoms with van der Waals surface area (Å²) in [5.74, 6) is -1.79. The number of hydrogen-bond donors (Lipinski definition) is 2. The summed E-state index contributed by atoms with van der Waals surface area (Å²) in [6, 6.07) is 22.6. The predicted molar refractivity (Wildman–Crippen MR) is 127 cm³/mol. The zero-order valence-corrected chi connectivity index (χ0v) is 19.0. The number of carboxylic acid groups (broad SMARTS) is 1. The normalized spacial score (nSPS) is 13.8. The maximum atomic E-state index is 13.1. The van der Waals surface area contributed by atoms with Crippen LogP contribution in [-0.2, 0) is 14.3 Å². The third kappa shape index (κ3) is 4.50. The van der Waals surface area contributed by atoms with Gasteiger partial charge in [-0.1, -0.05) is 78.9 Å². The minimum Gasteiger partial charge on any atom is -0.480 e. The average molecular weight is 459 g/mol. The SMILES string of the molecule is CC(C(=O)O)N(C)C(=O)C(NC(=O)OCC1c2ccccc2-c2ccccc21)c1ccccc1. The zero-order valence-electron chi connectivity index (χ0n) is 19.0. The van der Waals surface area contributed by atoms with Crippen molar-refractivity contribution in [2.75, 3.05) is 13.7 Å². The highest BCUT2D eigenvalue weighted by molar-refractivity contribution is 5.90. The van der Waals surface area contributed by atoms with E-state index in [1.807, 2.05) is 36.4 Å². The van der Waals surface area contributed by atoms with E-state index in [1.165, 1.54) is 14.0 Å². The minimum absolute atomic E-state index is 0.108. The van der Waals surface area contributed by atoms with Gasteiger partial charge < -0.3 is 20.1 Å². The fourth-order valence-corrected chi connectivity index (χ4v) is 4.25. The van der Waals surface area contributed by atoms with Gasteiger partial charge in [0.1, 0.15) is 18.7 Å². The Morgan fingerprint density at radius 3 is 2.00 bits per heavy atom. The van der Waals surface area contributed by atoms with Crippen LogP contribution in [0.2, 0.25) is 0 Å². The highest BCUT2D eigenvalue weighted by Crippen LogP contribution is 2.44. The molecule has 0 radical (unpaired) electrons. The summed E-state index contributed by atoms with van der Waals surface area (Å²) in [5, 5.41) is 11.9. The fourth-order valence-electron chi connectivity index (χ4n) is 4.25. The molecule has 0 spiro atoms. The fraction of sp³-hybridized carbons (Fsp3) is 0.222. The standard InChI is InChI=1S/C27H26N2O5/c1-17(26(31)32)29(2)25(30)24(18-10-4-3-5-11-18)28-27(33)34-16-23-21-14-8-6-12-19(21)20-13-7-9-15-22(20)23/h3-15,17,23-24H,16H2,1-2H3,(H,28,33)(H,31,32). The van der Waals surface area contributed by atoms with Gasteiger partial charge in [0.25, 0.3) is 0 Å². The Morgan fingerprint density at radius 2 is 1.44 bits per heavy atom. The van der Waals surface area contributed by atoms with E-state index in [4.69, 9.17) is 4.74 Å². The predicted octanol–water partition coefficient (Wildman–Crippen LogP) is 4.20. The molecule has 2 unspecified atom stereocenters. The quantitative estimate of drug-likeness (QED) is 0.553. The topological polar surface area (TPSA) is 95.9 Å². The second-order valence-electron chi connectivity index (χ2n) is 8.28. The number of carbonyl (C=O) groups is 3. The second kappa shape index (κ2) is 9.79. The van der Waals surface area contributed by atoms with Crippen LogP contribution in [0.15, 0.2) is 78.9 Å². The van der Waals surface area contributed by atoms with Crippen LogP contribution in [0, 0.1) is 0 Å². The van der Waals surface area contributed by atoms with Crippen molar-refractivity contribution in [3.63, 3.8) is 0 Å². The van der Waals surface area contributed by atoms with E-state index in [2.05, 4.69) is 17.4 Å². The van der Waals surface area contributed by atoms with Gasteiger partial charge in [0.15, 0.2) is 0 Å². The van der Waals surface area contributed by atoms with E-state index in [9.17, 15) is 19.5 Å². The van der Waals surface area contributed by atoms with Crippen LogP contribution in [-0.4, -0.2) is 47.7 Å². The summed E-state index contributed by atoms with van der Waals surface area (Å²) in [7, 11) is 1.40. The maximum Gasteiger partial charge on any atom is 0.408 e. The summed E-state index contributed by atoms with van der Waals surface area (Å²) in [6.45, 7) is 1.52. The summed E-state index contributed by atoms with van der Waals surface area (Å²) in [5.41, 5.74) is 4.94. The van der Waals surface area contributed by atoms with Gasteiger partial charge in [-0.2, -0.15) is 0 Å². The number of aliphatic carboxylic acids is 1.